The Morgan fingerprint density at radius 2 is 2.00 bits per heavy atom. The van der Waals surface area contributed by atoms with Crippen LogP contribution < -0.4 is 11.1 Å². The van der Waals surface area contributed by atoms with Crippen molar-refractivity contribution in [1.29, 1.82) is 0 Å². The van der Waals surface area contributed by atoms with Crippen LogP contribution in [-0.4, -0.2) is 43.5 Å². The van der Waals surface area contributed by atoms with Crippen molar-refractivity contribution in [3.63, 3.8) is 0 Å². The van der Waals surface area contributed by atoms with Crippen molar-refractivity contribution in [2.24, 2.45) is 5.73 Å². The van der Waals surface area contributed by atoms with Crippen molar-refractivity contribution < 1.29 is 4.79 Å². The second-order valence-corrected chi connectivity index (χ2v) is 3.72. The molecule has 0 saturated heterocycles. The molecular weight excluding hydrogens is 154 g/mol. The third-order valence-corrected chi connectivity index (χ3v) is 1.74. The first kappa shape index (κ1) is 11.4. The van der Waals surface area contributed by atoms with Crippen LogP contribution in [0.5, 0.6) is 0 Å². The second-order valence-electron chi connectivity index (χ2n) is 3.72. The van der Waals surface area contributed by atoms with Crippen LogP contribution in [0.1, 0.15) is 13.8 Å². The molecule has 1 amide bonds. The Kier molecular flexibility index (Phi) is 4.20. The van der Waals surface area contributed by atoms with Gasteiger partial charge >= 0.3 is 0 Å². The van der Waals surface area contributed by atoms with E-state index >= 15 is 0 Å². The molecule has 3 N–H and O–H groups in total. The van der Waals surface area contributed by atoms with Gasteiger partial charge in [-0.1, -0.05) is 0 Å². The van der Waals surface area contributed by atoms with Gasteiger partial charge < -0.3 is 16.0 Å². The van der Waals surface area contributed by atoms with E-state index in [9.17, 15) is 4.79 Å². The minimum absolute atomic E-state index is 0.318. The maximum absolute atomic E-state index is 10.8. The minimum Gasteiger partial charge on any atom is -0.368 e. The summed E-state index contributed by atoms with van der Waals surface area (Å²) < 4.78 is 0. The number of rotatable bonds is 5. The monoisotopic (exact) mass is 173 g/mol. The number of nitrogens with two attached hydrogens (primary N) is 1. The van der Waals surface area contributed by atoms with Gasteiger partial charge in [-0.25, -0.2) is 0 Å². The van der Waals surface area contributed by atoms with Crippen molar-refractivity contribution in [2.75, 3.05) is 27.2 Å². The molecule has 0 rings (SSSR count). The SMILES string of the molecule is CN(C)CCNC(C)(C)C(N)=O. The average molecular weight is 173 g/mol. The molecule has 0 aliphatic heterocycles. The molecule has 0 saturated carbocycles. The second kappa shape index (κ2) is 4.42. The molecule has 0 bridgehead atoms. The summed E-state index contributed by atoms with van der Waals surface area (Å²) in [6.45, 7) is 5.23. The average Bonchev–Trinajstić information content (AvgIpc) is 1.85. The number of nitrogens with one attached hydrogen (secondary N) is 1. The van der Waals surface area contributed by atoms with Gasteiger partial charge in [0.1, 0.15) is 0 Å². The summed E-state index contributed by atoms with van der Waals surface area (Å²) in [5, 5.41) is 3.07. The summed E-state index contributed by atoms with van der Waals surface area (Å²) in [4.78, 5) is 12.9. The van der Waals surface area contributed by atoms with Crippen molar-refractivity contribution in [2.45, 2.75) is 19.4 Å². The molecule has 0 unspecified atom stereocenters. The molecule has 72 valence electrons. The fourth-order valence-electron chi connectivity index (χ4n) is 0.679. The molecule has 0 aromatic heterocycles. The molecule has 0 atom stereocenters. The molecule has 0 heterocycles. The van der Waals surface area contributed by atoms with Crippen LogP contribution in [0.2, 0.25) is 0 Å². The van der Waals surface area contributed by atoms with Crippen molar-refractivity contribution in [3.05, 3.63) is 0 Å². The van der Waals surface area contributed by atoms with Gasteiger partial charge in [0.2, 0.25) is 5.91 Å². The Hall–Kier alpha value is -0.610. The standard InChI is InChI=1S/C8H19N3O/c1-8(2,7(9)12)10-5-6-11(3)4/h10H,5-6H2,1-4H3,(H2,9,12). The highest BCUT2D eigenvalue weighted by Crippen LogP contribution is 1.98. The van der Waals surface area contributed by atoms with E-state index in [4.69, 9.17) is 5.73 Å². The molecule has 0 spiro atoms. The molecule has 0 radical (unpaired) electrons. The van der Waals surface area contributed by atoms with Crippen LogP contribution in [0.4, 0.5) is 0 Å². The van der Waals surface area contributed by atoms with Crippen molar-refractivity contribution in [1.82, 2.24) is 10.2 Å². The van der Waals surface area contributed by atoms with E-state index in [2.05, 4.69) is 5.32 Å². The zero-order valence-corrected chi connectivity index (χ0v) is 8.35. The molecule has 0 aromatic carbocycles. The first-order chi connectivity index (χ1) is 5.36. The number of amides is 1. The Balaban J connectivity index is 3.69. The fraction of sp³-hybridized carbons (Fsp3) is 0.875. The molecule has 0 fully saturated rings. The maximum atomic E-state index is 10.8. The zero-order valence-electron chi connectivity index (χ0n) is 8.35. The Bertz CT molecular complexity index is 154. The molecule has 0 aromatic rings. The van der Waals surface area contributed by atoms with Crippen LogP contribution in [0.15, 0.2) is 0 Å². The van der Waals surface area contributed by atoms with Crippen molar-refractivity contribution >= 4 is 5.91 Å². The lowest BCUT2D eigenvalue weighted by molar-refractivity contribution is -0.123. The zero-order chi connectivity index (χ0) is 9.78. The van der Waals surface area contributed by atoms with E-state index in [0.717, 1.165) is 13.1 Å². The number of likely N-dealkylation sites (N-methyl/N-ethyl adjacent to an activating group) is 1. The maximum Gasteiger partial charge on any atom is 0.237 e. The van der Waals surface area contributed by atoms with Gasteiger partial charge in [-0.15, -0.1) is 0 Å². The highest BCUT2D eigenvalue weighted by atomic mass is 16.1. The van der Waals surface area contributed by atoms with E-state index in [0.29, 0.717) is 0 Å². The Morgan fingerprint density at radius 3 is 2.33 bits per heavy atom. The number of carbonyl (C=O) groups is 1. The van der Waals surface area contributed by atoms with Crippen LogP contribution in [-0.2, 0) is 4.79 Å². The number of primary amides is 1. The molecule has 12 heavy (non-hydrogen) atoms. The predicted octanol–water partition coefficient (Wildman–Crippen LogP) is -0.598. The summed E-state index contributed by atoms with van der Waals surface area (Å²) in [6.07, 6.45) is 0. The summed E-state index contributed by atoms with van der Waals surface area (Å²) in [7, 11) is 3.97. The number of carbonyl (C=O) groups excluding carboxylic acids is 1. The van der Waals surface area contributed by atoms with Crippen LogP contribution >= 0.6 is 0 Å². The Morgan fingerprint density at radius 1 is 1.50 bits per heavy atom. The largest absolute Gasteiger partial charge is 0.368 e. The van der Waals surface area contributed by atoms with E-state index in [1.54, 1.807) is 13.8 Å². The summed E-state index contributed by atoms with van der Waals surface area (Å²) in [5.74, 6) is -0.318. The van der Waals surface area contributed by atoms with Crippen LogP contribution in [0.3, 0.4) is 0 Å². The molecule has 0 aliphatic rings. The number of nitrogens with zero attached hydrogens (tertiary/aromatic N) is 1. The molecule has 4 heteroatoms. The molecular formula is C8H19N3O. The smallest absolute Gasteiger partial charge is 0.237 e. The van der Waals surface area contributed by atoms with Crippen LogP contribution in [0, 0.1) is 0 Å². The van der Waals surface area contributed by atoms with Gasteiger partial charge in [0.05, 0.1) is 5.54 Å². The minimum atomic E-state index is -0.601. The van der Waals surface area contributed by atoms with E-state index in [1.165, 1.54) is 0 Å². The normalized spacial score (nSPS) is 12.1. The van der Waals surface area contributed by atoms with Gasteiger partial charge in [0, 0.05) is 13.1 Å². The number of hydrogen-bond acceptors (Lipinski definition) is 3. The van der Waals surface area contributed by atoms with Gasteiger partial charge in [-0.2, -0.15) is 0 Å². The Labute approximate surface area is 74.1 Å². The third kappa shape index (κ3) is 4.31. The first-order valence-electron chi connectivity index (χ1n) is 4.06. The lowest BCUT2D eigenvalue weighted by Crippen LogP contribution is -2.52. The summed E-state index contributed by atoms with van der Waals surface area (Å²) >= 11 is 0. The lowest BCUT2D eigenvalue weighted by Gasteiger charge is -2.23. The van der Waals surface area contributed by atoms with Crippen molar-refractivity contribution in [3.8, 4) is 0 Å². The number of hydrogen-bond donors (Lipinski definition) is 2. The van der Waals surface area contributed by atoms with Crippen LogP contribution in [0.25, 0.3) is 0 Å². The van der Waals surface area contributed by atoms with Gasteiger partial charge in [0.15, 0.2) is 0 Å². The summed E-state index contributed by atoms with van der Waals surface area (Å²) in [6, 6.07) is 0. The summed E-state index contributed by atoms with van der Waals surface area (Å²) in [5.41, 5.74) is 4.57. The highest BCUT2D eigenvalue weighted by molar-refractivity contribution is 5.83. The van der Waals surface area contributed by atoms with Gasteiger partial charge in [-0.05, 0) is 27.9 Å². The highest BCUT2D eigenvalue weighted by Gasteiger charge is 2.23. The first-order valence-corrected chi connectivity index (χ1v) is 4.06. The molecule has 4 nitrogen and oxygen atoms in total. The van der Waals surface area contributed by atoms with Gasteiger partial charge in [-0.3, -0.25) is 4.79 Å². The fourth-order valence-corrected chi connectivity index (χ4v) is 0.679. The topological polar surface area (TPSA) is 58.4 Å². The lowest BCUT2D eigenvalue weighted by atomic mass is 10.1. The van der Waals surface area contributed by atoms with E-state index in [1.807, 2.05) is 19.0 Å². The molecule has 0 aliphatic carbocycles. The van der Waals surface area contributed by atoms with E-state index in [-0.39, 0.29) is 5.91 Å². The third-order valence-electron chi connectivity index (χ3n) is 1.74. The quantitative estimate of drug-likeness (QED) is 0.584. The van der Waals surface area contributed by atoms with Gasteiger partial charge in [0.25, 0.3) is 0 Å². The predicted molar refractivity (Wildman–Crippen MR) is 49.8 cm³/mol. The van der Waals surface area contributed by atoms with E-state index < -0.39 is 5.54 Å².